The lowest BCUT2D eigenvalue weighted by molar-refractivity contribution is 0.0486. The highest BCUT2D eigenvalue weighted by Crippen LogP contribution is 2.36. The van der Waals surface area contributed by atoms with Gasteiger partial charge in [-0.2, -0.15) is 0 Å². The Morgan fingerprint density at radius 2 is 2.05 bits per heavy atom. The largest absolute Gasteiger partial charge is 0.439 e. The number of nitrogen functional groups attached to an aromatic ring is 1. The number of likely N-dealkylation sites (tertiary alicyclic amines) is 1. The second-order valence-electron chi connectivity index (χ2n) is 6.56. The second-order valence-corrected chi connectivity index (χ2v) is 6.56. The standard InChI is InChI=1S/C17H23N3O/c18-13-7-8-14-16(10-13)21-17(19-14)11-20-9-3-5-12-4-1-2-6-15(12)20/h7-8,10,12,15H,1-6,9,11,18H2. The molecule has 1 aromatic heterocycles. The molecule has 1 aliphatic heterocycles. The van der Waals surface area contributed by atoms with Crippen LogP contribution in [0.5, 0.6) is 0 Å². The first-order valence-corrected chi connectivity index (χ1v) is 8.18. The van der Waals surface area contributed by atoms with Crippen LogP contribution in [0.4, 0.5) is 5.69 Å². The summed E-state index contributed by atoms with van der Waals surface area (Å²) in [5.74, 6) is 1.73. The van der Waals surface area contributed by atoms with Gasteiger partial charge < -0.3 is 10.2 Å². The highest BCUT2D eigenvalue weighted by molar-refractivity contribution is 5.76. The van der Waals surface area contributed by atoms with E-state index in [1.165, 1.54) is 45.1 Å². The summed E-state index contributed by atoms with van der Waals surface area (Å²) >= 11 is 0. The molecule has 112 valence electrons. The van der Waals surface area contributed by atoms with E-state index in [-0.39, 0.29) is 0 Å². The van der Waals surface area contributed by atoms with Crippen molar-refractivity contribution >= 4 is 16.8 Å². The van der Waals surface area contributed by atoms with E-state index in [0.29, 0.717) is 0 Å². The van der Waals surface area contributed by atoms with Crippen molar-refractivity contribution in [1.29, 1.82) is 0 Å². The van der Waals surface area contributed by atoms with Crippen molar-refractivity contribution in [3.63, 3.8) is 0 Å². The molecular weight excluding hydrogens is 262 g/mol. The minimum absolute atomic E-state index is 0.732. The molecule has 0 spiro atoms. The molecule has 2 unspecified atom stereocenters. The summed E-state index contributed by atoms with van der Waals surface area (Å²) in [7, 11) is 0. The van der Waals surface area contributed by atoms with Crippen LogP contribution < -0.4 is 5.73 Å². The van der Waals surface area contributed by atoms with Gasteiger partial charge in [0.05, 0.1) is 6.54 Å². The fraction of sp³-hybridized carbons (Fsp3) is 0.588. The van der Waals surface area contributed by atoms with Crippen molar-refractivity contribution in [1.82, 2.24) is 9.88 Å². The highest BCUT2D eigenvalue weighted by Gasteiger charge is 2.33. The molecule has 4 heteroatoms. The maximum Gasteiger partial charge on any atom is 0.209 e. The summed E-state index contributed by atoms with van der Waals surface area (Å²) in [5, 5.41) is 0. The summed E-state index contributed by atoms with van der Waals surface area (Å²) in [6.07, 6.45) is 8.27. The van der Waals surface area contributed by atoms with E-state index in [2.05, 4.69) is 9.88 Å². The quantitative estimate of drug-likeness (QED) is 0.857. The maximum atomic E-state index is 5.90. The molecule has 1 saturated heterocycles. The molecular formula is C17H23N3O. The average molecular weight is 285 g/mol. The number of nitrogens with zero attached hydrogens (tertiary/aromatic N) is 2. The molecule has 2 fully saturated rings. The number of nitrogens with two attached hydrogens (primary N) is 1. The van der Waals surface area contributed by atoms with Gasteiger partial charge in [0.2, 0.25) is 5.89 Å². The Bertz CT molecular complexity index is 634. The van der Waals surface area contributed by atoms with Gasteiger partial charge in [0.1, 0.15) is 5.52 Å². The molecule has 0 amide bonds. The number of oxazole rings is 1. The van der Waals surface area contributed by atoms with E-state index in [1.54, 1.807) is 0 Å². The van der Waals surface area contributed by atoms with Crippen LogP contribution in [0.3, 0.4) is 0 Å². The smallest absolute Gasteiger partial charge is 0.209 e. The van der Waals surface area contributed by atoms with Gasteiger partial charge in [-0.3, -0.25) is 4.90 Å². The number of fused-ring (bicyclic) bond motifs is 2. The summed E-state index contributed by atoms with van der Waals surface area (Å²) in [4.78, 5) is 7.22. The third-order valence-electron chi connectivity index (χ3n) is 5.15. The number of hydrogen-bond donors (Lipinski definition) is 1. The molecule has 4 nitrogen and oxygen atoms in total. The third-order valence-corrected chi connectivity index (χ3v) is 5.15. The Labute approximate surface area is 125 Å². The predicted molar refractivity (Wildman–Crippen MR) is 83.8 cm³/mol. The number of piperidine rings is 1. The van der Waals surface area contributed by atoms with Crippen molar-refractivity contribution in [2.24, 2.45) is 5.92 Å². The minimum atomic E-state index is 0.732. The molecule has 2 aliphatic rings. The molecule has 1 saturated carbocycles. The SMILES string of the molecule is Nc1ccc2nc(CN3CCCC4CCCCC43)oc2c1. The van der Waals surface area contributed by atoms with Gasteiger partial charge in [0.25, 0.3) is 0 Å². The zero-order valence-electron chi connectivity index (χ0n) is 12.4. The van der Waals surface area contributed by atoms with E-state index in [1.807, 2.05) is 18.2 Å². The normalized spacial score (nSPS) is 26.9. The zero-order valence-corrected chi connectivity index (χ0v) is 12.4. The third kappa shape index (κ3) is 2.53. The molecule has 1 aliphatic carbocycles. The average Bonchev–Trinajstić information content (AvgIpc) is 2.89. The predicted octanol–water partition coefficient (Wildman–Crippen LogP) is 3.56. The first-order valence-electron chi connectivity index (χ1n) is 8.18. The number of hydrogen-bond acceptors (Lipinski definition) is 4. The Kier molecular flexibility index (Phi) is 3.34. The van der Waals surface area contributed by atoms with Gasteiger partial charge in [-0.1, -0.05) is 12.8 Å². The topological polar surface area (TPSA) is 55.3 Å². The summed E-state index contributed by atoms with van der Waals surface area (Å²) < 4.78 is 5.90. The van der Waals surface area contributed by atoms with E-state index >= 15 is 0 Å². The lowest BCUT2D eigenvalue weighted by atomic mass is 9.78. The Balaban J connectivity index is 1.55. The lowest BCUT2D eigenvalue weighted by Gasteiger charge is -2.43. The minimum Gasteiger partial charge on any atom is -0.439 e. The van der Waals surface area contributed by atoms with E-state index in [9.17, 15) is 0 Å². The van der Waals surface area contributed by atoms with Crippen LogP contribution >= 0.6 is 0 Å². The van der Waals surface area contributed by atoms with Crippen LogP contribution in [0.2, 0.25) is 0 Å². The maximum absolute atomic E-state index is 5.90. The van der Waals surface area contributed by atoms with Gasteiger partial charge in [0.15, 0.2) is 5.58 Å². The van der Waals surface area contributed by atoms with E-state index in [4.69, 9.17) is 10.2 Å². The number of aromatic nitrogens is 1. The first kappa shape index (κ1) is 13.1. The van der Waals surface area contributed by atoms with Crippen LogP contribution in [-0.4, -0.2) is 22.5 Å². The van der Waals surface area contributed by atoms with Crippen molar-refractivity contribution in [3.8, 4) is 0 Å². The Morgan fingerprint density at radius 3 is 3.00 bits per heavy atom. The van der Waals surface area contributed by atoms with Crippen LogP contribution in [0, 0.1) is 5.92 Å². The van der Waals surface area contributed by atoms with Gasteiger partial charge in [-0.05, 0) is 50.3 Å². The summed E-state index contributed by atoms with van der Waals surface area (Å²) in [6, 6.07) is 6.43. The van der Waals surface area contributed by atoms with E-state index < -0.39 is 0 Å². The van der Waals surface area contributed by atoms with Crippen LogP contribution in [0.25, 0.3) is 11.1 Å². The molecule has 2 N–H and O–H groups in total. The van der Waals surface area contributed by atoms with Gasteiger partial charge in [-0.15, -0.1) is 0 Å². The van der Waals surface area contributed by atoms with Crippen molar-refractivity contribution in [2.45, 2.75) is 51.1 Å². The van der Waals surface area contributed by atoms with Crippen molar-refractivity contribution in [3.05, 3.63) is 24.1 Å². The number of rotatable bonds is 2. The zero-order chi connectivity index (χ0) is 14.2. The molecule has 21 heavy (non-hydrogen) atoms. The van der Waals surface area contributed by atoms with Crippen LogP contribution in [0.1, 0.15) is 44.4 Å². The number of benzene rings is 1. The summed E-state index contributed by atoms with van der Waals surface area (Å²) in [5.41, 5.74) is 8.26. The second kappa shape index (κ2) is 5.34. The molecule has 2 aromatic rings. The lowest BCUT2D eigenvalue weighted by Crippen LogP contribution is -2.46. The fourth-order valence-corrected chi connectivity index (χ4v) is 4.15. The Morgan fingerprint density at radius 1 is 1.19 bits per heavy atom. The molecule has 2 heterocycles. The van der Waals surface area contributed by atoms with Gasteiger partial charge >= 0.3 is 0 Å². The van der Waals surface area contributed by atoms with E-state index in [0.717, 1.165) is 41.2 Å². The van der Waals surface area contributed by atoms with Gasteiger partial charge in [-0.25, -0.2) is 4.98 Å². The monoisotopic (exact) mass is 285 g/mol. The molecule has 2 atom stereocenters. The first-order chi connectivity index (χ1) is 10.3. The van der Waals surface area contributed by atoms with Crippen molar-refractivity contribution < 1.29 is 4.42 Å². The van der Waals surface area contributed by atoms with Crippen LogP contribution in [-0.2, 0) is 6.54 Å². The highest BCUT2D eigenvalue weighted by atomic mass is 16.3. The van der Waals surface area contributed by atoms with Crippen LogP contribution in [0.15, 0.2) is 22.6 Å². The molecule has 0 bridgehead atoms. The van der Waals surface area contributed by atoms with Crippen molar-refractivity contribution in [2.75, 3.05) is 12.3 Å². The van der Waals surface area contributed by atoms with Gasteiger partial charge in [0, 0.05) is 17.8 Å². The molecule has 4 rings (SSSR count). The Hall–Kier alpha value is -1.55. The molecule has 0 radical (unpaired) electrons. The fourth-order valence-electron chi connectivity index (χ4n) is 4.15. The number of anilines is 1. The summed E-state index contributed by atoms with van der Waals surface area (Å²) in [6.45, 7) is 2.03. The molecule has 1 aromatic carbocycles.